The summed E-state index contributed by atoms with van der Waals surface area (Å²) in [7, 11) is 0. The normalized spacial score (nSPS) is 11.8. The molecule has 0 aromatic heterocycles. The Morgan fingerprint density at radius 3 is 1.95 bits per heavy atom. The molecule has 5 heteroatoms. The lowest BCUT2D eigenvalue weighted by atomic mass is 9.85. The number of carbonyl (C=O) groups excluding carboxylic acids is 1. The molecule has 1 rings (SSSR count). The first kappa shape index (κ1) is 16.0. The maximum atomic E-state index is 11.6. The smallest absolute Gasteiger partial charge is 0.412 e. The number of rotatable bonds is 3. The summed E-state index contributed by atoms with van der Waals surface area (Å²) >= 11 is 0. The van der Waals surface area contributed by atoms with Crippen LogP contribution in [-0.4, -0.2) is 22.8 Å². The number of amides is 1. The van der Waals surface area contributed by atoms with Crippen LogP contribution in [0.4, 0.5) is 10.5 Å². The van der Waals surface area contributed by atoms with Crippen LogP contribution in [0.3, 0.4) is 0 Å². The molecular formula is C15H21NO4. The molecule has 1 aromatic rings. The molecule has 0 radical (unpaired) electrons. The molecule has 0 aliphatic carbocycles. The van der Waals surface area contributed by atoms with Gasteiger partial charge in [-0.3, -0.25) is 10.1 Å². The summed E-state index contributed by atoms with van der Waals surface area (Å²) < 4.78 is 5.13. The fraction of sp³-hybridized carbons (Fsp3) is 0.467. The van der Waals surface area contributed by atoms with Crippen LogP contribution in [0.2, 0.25) is 0 Å². The van der Waals surface area contributed by atoms with Gasteiger partial charge in [0.15, 0.2) is 0 Å². The number of ether oxygens (including phenoxy) is 1. The van der Waals surface area contributed by atoms with Gasteiger partial charge >= 0.3 is 12.1 Å². The molecule has 20 heavy (non-hydrogen) atoms. The third-order valence-corrected chi connectivity index (χ3v) is 2.79. The van der Waals surface area contributed by atoms with Crippen molar-refractivity contribution in [2.45, 2.75) is 45.6 Å². The Bertz CT molecular complexity index is 498. The molecule has 1 aromatic carbocycles. The number of hydrogen-bond acceptors (Lipinski definition) is 3. The van der Waals surface area contributed by atoms with Crippen LogP contribution in [0.15, 0.2) is 24.3 Å². The molecule has 1 amide bonds. The second-order valence-corrected chi connectivity index (χ2v) is 6.13. The molecular weight excluding hydrogens is 258 g/mol. The predicted octanol–water partition coefficient (Wildman–Crippen LogP) is 3.40. The van der Waals surface area contributed by atoms with Crippen molar-refractivity contribution in [1.82, 2.24) is 0 Å². The number of carbonyl (C=O) groups is 2. The topological polar surface area (TPSA) is 75.6 Å². The van der Waals surface area contributed by atoms with E-state index in [-0.39, 0.29) is 0 Å². The van der Waals surface area contributed by atoms with Crippen molar-refractivity contribution in [3.8, 4) is 0 Å². The van der Waals surface area contributed by atoms with Crippen LogP contribution in [0.25, 0.3) is 0 Å². The van der Waals surface area contributed by atoms with Gasteiger partial charge in [0, 0.05) is 5.69 Å². The van der Waals surface area contributed by atoms with Crippen molar-refractivity contribution in [3.63, 3.8) is 0 Å². The van der Waals surface area contributed by atoms with Gasteiger partial charge < -0.3 is 9.84 Å². The number of carboxylic acids is 1. The molecule has 110 valence electrons. The van der Waals surface area contributed by atoms with Crippen molar-refractivity contribution in [2.24, 2.45) is 0 Å². The lowest BCUT2D eigenvalue weighted by molar-refractivity contribution is -0.142. The van der Waals surface area contributed by atoms with Gasteiger partial charge in [0.1, 0.15) is 5.60 Å². The molecule has 0 aliphatic rings. The average molecular weight is 279 g/mol. The molecule has 0 fully saturated rings. The summed E-state index contributed by atoms with van der Waals surface area (Å²) in [5, 5.41) is 11.7. The van der Waals surface area contributed by atoms with Gasteiger partial charge in [-0.2, -0.15) is 0 Å². The summed E-state index contributed by atoms with van der Waals surface area (Å²) in [6.45, 7) is 8.61. The van der Waals surface area contributed by atoms with E-state index in [0.717, 1.165) is 0 Å². The van der Waals surface area contributed by atoms with Gasteiger partial charge in [0.05, 0.1) is 5.41 Å². The van der Waals surface area contributed by atoms with Crippen molar-refractivity contribution in [1.29, 1.82) is 0 Å². The molecule has 0 atom stereocenters. The molecule has 0 spiro atoms. The van der Waals surface area contributed by atoms with Crippen molar-refractivity contribution in [2.75, 3.05) is 5.32 Å². The Balaban J connectivity index is 2.78. The molecule has 0 heterocycles. The van der Waals surface area contributed by atoms with Gasteiger partial charge in [-0.25, -0.2) is 4.79 Å². The van der Waals surface area contributed by atoms with Crippen molar-refractivity contribution in [3.05, 3.63) is 29.8 Å². The molecule has 5 nitrogen and oxygen atoms in total. The van der Waals surface area contributed by atoms with E-state index >= 15 is 0 Å². The Labute approximate surface area is 118 Å². The third kappa shape index (κ3) is 4.26. The lowest BCUT2D eigenvalue weighted by Gasteiger charge is -2.21. The summed E-state index contributed by atoms with van der Waals surface area (Å²) in [4.78, 5) is 22.7. The SMILES string of the molecule is CC(C)(C)OC(=O)Nc1ccc(C(C)(C)C(=O)O)cc1. The Hall–Kier alpha value is -2.04. The number of benzene rings is 1. The van der Waals surface area contributed by atoms with Crippen LogP contribution in [0, 0.1) is 0 Å². The number of nitrogens with one attached hydrogen (secondary N) is 1. The maximum absolute atomic E-state index is 11.6. The number of aliphatic carboxylic acids is 1. The molecule has 0 unspecified atom stereocenters. The van der Waals surface area contributed by atoms with Gasteiger partial charge in [-0.15, -0.1) is 0 Å². The van der Waals surface area contributed by atoms with Crippen LogP contribution >= 0.6 is 0 Å². The molecule has 0 saturated heterocycles. The minimum atomic E-state index is -0.968. The number of hydrogen-bond donors (Lipinski definition) is 2. The zero-order valence-corrected chi connectivity index (χ0v) is 12.5. The summed E-state index contributed by atoms with van der Waals surface area (Å²) in [6.07, 6.45) is -0.539. The molecule has 0 saturated carbocycles. The van der Waals surface area contributed by atoms with E-state index in [0.29, 0.717) is 11.3 Å². The monoisotopic (exact) mass is 279 g/mol. The van der Waals surface area contributed by atoms with E-state index < -0.39 is 23.1 Å². The van der Waals surface area contributed by atoms with E-state index in [9.17, 15) is 9.59 Å². The summed E-state index contributed by atoms with van der Waals surface area (Å²) in [5.41, 5.74) is -0.302. The Kier molecular flexibility index (Phi) is 4.43. The third-order valence-electron chi connectivity index (χ3n) is 2.79. The Morgan fingerprint density at radius 1 is 1.05 bits per heavy atom. The van der Waals surface area contributed by atoms with E-state index in [1.807, 2.05) is 0 Å². The largest absolute Gasteiger partial charge is 0.481 e. The van der Waals surface area contributed by atoms with E-state index in [4.69, 9.17) is 9.84 Å². The Morgan fingerprint density at radius 2 is 1.55 bits per heavy atom. The van der Waals surface area contributed by atoms with Crippen LogP contribution in [0.1, 0.15) is 40.2 Å². The zero-order valence-electron chi connectivity index (χ0n) is 12.5. The predicted molar refractivity (Wildman–Crippen MR) is 77.0 cm³/mol. The molecule has 0 bridgehead atoms. The first-order chi connectivity index (χ1) is 9.02. The van der Waals surface area contributed by atoms with Crippen LogP contribution in [-0.2, 0) is 14.9 Å². The fourth-order valence-electron chi connectivity index (χ4n) is 1.52. The first-order valence-corrected chi connectivity index (χ1v) is 6.36. The maximum Gasteiger partial charge on any atom is 0.412 e. The number of anilines is 1. The standard InChI is InChI=1S/C15H21NO4/c1-14(2,3)20-13(19)16-11-8-6-10(7-9-11)15(4,5)12(17)18/h6-9H,1-5H3,(H,16,19)(H,17,18). The summed E-state index contributed by atoms with van der Waals surface area (Å²) in [5.74, 6) is -0.898. The highest BCUT2D eigenvalue weighted by atomic mass is 16.6. The summed E-state index contributed by atoms with van der Waals surface area (Å²) in [6, 6.07) is 6.68. The second-order valence-electron chi connectivity index (χ2n) is 6.13. The quantitative estimate of drug-likeness (QED) is 0.889. The minimum Gasteiger partial charge on any atom is -0.481 e. The van der Waals surface area contributed by atoms with Crippen LogP contribution in [0.5, 0.6) is 0 Å². The second kappa shape index (κ2) is 5.53. The first-order valence-electron chi connectivity index (χ1n) is 6.36. The highest BCUT2D eigenvalue weighted by Crippen LogP contribution is 2.25. The zero-order chi connectivity index (χ0) is 15.6. The molecule has 2 N–H and O–H groups in total. The van der Waals surface area contributed by atoms with E-state index in [1.165, 1.54) is 0 Å². The van der Waals surface area contributed by atoms with Crippen LogP contribution < -0.4 is 5.32 Å². The van der Waals surface area contributed by atoms with Gasteiger partial charge in [0.2, 0.25) is 0 Å². The average Bonchev–Trinajstić information content (AvgIpc) is 2.26. The minimum absolute atomic E-state index is 0.539. The van der Waals surface area contributed by atoms with E-state index in [2.05, 4.69) is 5.32 Å². The van der Waals surface area contributed by atoms with Crippen molar-refractivity contribution >= 4 is 17.7 Å². The highest BCUT2D eigenvalue weighted by Gasteiger charge is 2.29. The molecule has 0 aliphatic heterocycles. The van der Waals surface area contributed by atoms with Crippen molar-refractivity contribution < 1.29 is 19.4 Å². The van der Waals surface area contributed by atoms with Gasteiger partial charge in [-0.05, 0) is 52.3 Å². The number of carboxylic acid groups (broad SMARTS) is 1. The van der Waals surface area contributed by atoms with E-state index in [1.54, 1.807) is 58.9 Å². The fourth-order valence-corrected chi connectivity index (χ4v) is 1.52. The highest BCUT2D eigenvalue weighted by molar-refractivity contribution is 5.85. The van der Waals surface area contributed by atoms with Gasteiger partial charge in [-0.1, -0.05) is 12.1 Å². The lowest BCUT2D eigenvalue weighted by Crippen LogP contribution is -2.28. The van der Waals surface area contributed by atoms with Gasteiger partial charge in [0.25, 0.3) is 0 Å².